The molecule has 1 aliphatic heterocycles. The number of rotatable bonds is 5. The Kier molecular flexibility index (Phi) is 4.87. The summed E-state index contributed by atoms with van der Waals surface area (Å²) in [6.45, 7) is 0.765. The Balaban J connectivity index is 2.18. The van der Waals surface area contributed by atoms with Crippen LogP contribution in [0, 0.1) is 0 Å². The standard InChI is InChI=1S/C15H19NO4/c1-19-10-7-13(16-9-10)11-5-3-4-6-12(11)14(17)8-15(18)20-2/h3-6,10,13,16H,7-9H2,1-2H3. The maximum Gasteiger partial charge on any atom is 0.313 e. The van der Waals surface area contributed by atoms with E-state index in [-0.39, 0.29) is 24.3 Å². The van der Waals surface area contributed by atoms with Crippen molar-refractivity contribution >= 4 is 11.8 Å². The van der Waals surface area contributed by atoms with Gasteiger partial charge in [0.2, 0.25) is 0 Å². The zero-order valence-corrected chi connectivity index (χ0v) is 11.7. The largest absolute Gasteiger partial charge is 0.469 e. The van der Waals surface area contributed by atoms with Gasteiger partial charge in [0.1, 0.15) is 6.42 Å². The fourth-order valence-corrected chi connectivity index (χ4v) is 2.47. The minimum atomic E-state index is -0.515. The lowest BCUT2D eigenvalue weighted by Crippen LogP contribution is -2.18. The normalized spacial score (nSPS) is 21.7. The Morgan fingerprint density at radius 2 is 2.05 bits per heavy atom. The molecule has 108 valence electrons. The van der Waals surface area contributed by atoms with E-state index < -0.39 is 5.97 Å². The van der Waals surface area contributed by atoms with Crippen LogP contribution in [0.4, 0.5) is 0 Å². The Labute approximate surface area is 118 Å². The van der Waals surface area contributed by atoms with Crippen molar-refractivity contribution in [1.82, 2.24) is 5.32 Å². The van der Waals surface area contributed by atoms with E-state index >= 15 is 0 Å². The quantitative estimate of drug-likeness (QED) is 0.502. The predicted octanol–water partition coefficient (Wildman–Crippen LogP) is 1.48. The summed E-state index contributed by atoms with van der Waals surface area (Å²) < 4.78 is 9.87. The van der Waals surface area contributed by atoms with Gasteiger partial charge in [-0.25, -0.2) is 0 Å². The molecule has 1 fully saturated rings. The van der Waals surface area contributed by atoms with Gasteiger partial charge in [-0.1, -0.05) is 24.3 Å². The number of esters is 1. The van der Waals surface area contributed by atoms with Gasteiger partial charge >= 0.3 is 5.97 Å². The smallest absolute Gasteiger partial charge is 0.313 e. The van der Waals surface area contributed by atoms with Crippen molar-refractivity contribution in [3.05, 3.63) is 35.4 Å². The number of ketones is 1. The van der Waals surface area contributed by atoms with Gasteiger partial charge in [0.05, 0.1) is 13.2 Å². The Morgan fingerprint density at radius 3 is 2.70 bits per heavy atom. The topological polar surface area (TPSA) is 64.6 Å². The van der Waals surface area contributed by atoms with Gasteiger partial charge in [-0.05, 0) is 12.0 Å². The monoisotopic (exact) mass is 277 g/mol. The molecule has 0 radical (unpaired) electrons. The van der Waals surface area contributed by atoms with Gasteiger partial charge in [-0.2, -0.15) is 0 Å². The Bertz CT molecular complexity index is 500. The van der Waals surface area contributed by atoms with E-state index in [1.807, 2.05) is 12.1 Å². The third-order valence-electron chi connectivity index (χ3n) is 3.59. The van der Waals surface area contributed by atoms with E-state index in [0.29, 0.717) is 5.56 Å². The summed E-state index contributed by atoms with van der Waals surface area (Å²) in [5.41, 5.74) is 1.49. The molecule has 1 N–H and O–H groups in total. The number of hydrogen-bond donors (Lipinski definition) is 1. The average molecular weight is 277 g/mol. The van der Waals surface area contributed by atoms with Gasteiger partial charge in [0.25, 0.3) is 0 Å². The van der Waals surface area contributed by atoms with Crippen molar-refractivity contribution in [3.8, 4) is 0 Å². The van der Waals surface area contributed by atoms with Crippen LogP contribution in [0.5, 0.6) is 0 Å². The highest BCUT2D eigenvalue weighted by atomic mass is 16.5. The molecule has 5 heteroatoms. The van der Waals surface area contributed by atoms with Crippen molar-refractivity contribution in [2.45, 2.75) is 25.0 Å². The summed E-state index contributed by atoms with van der Waals surface area (Å²) >= 11 is 0. The van der Waals surface area contributed by atoms with Crippen molar-refractivity contribution < 1.29 is 19.1 Å². The molecule has 2 rings (SSSR count). The molecular formula is C15H19NO4. The number of hydrogen-bond acceptors (Lipinski definition) is 5. The summed E-state index contributed by atoms with van der Waals surface area (Å²) in [6.07, 6.45) is 0.746. The van der Waals surface area contributed by atoms with Gasteiger partial charge in [0.15, 0.2) is 5.78 Å². The van der Waals surface area contributed by atoms with Crippen LogP contribution < -0.4 is 5.32 Å². The molecule has 20 heavy (non-hydrogen) atoms. The van der Waals surface area contributed by atoms with Crippen molar-refractivity contribution in [3.63, 3.8) is 0 Å². The third-order valence-corrected chi connectivity index (χ3v) is 3.59. The molecule has 5 nitrogen and oxygen atoms in total. The first-order valence-electron chi connectivity index (χ1n) is 6.60. The number of ether oxygens (including phenoxy) is 2. The van der Waals surface area contributed by atoms with Gasteiger partial charge in [0, 0.05) is 25.3 Å². The molecule has 1 saturated heterocycles. The van der Waals surface area contributed by atoms with Crippen LogP contribution in [0.1, 0.15) is 34.8 Å². The first-order chi connectivity index (χ1) is 9.65. The molecule has 0 aromatic heterocycles. The molecule has 1 aromatic carbocycles. The molecule has 1 heterocycles. The lowest BCUT2D eigenvalue weighted by molar-refractivity contribution is -0.139. The van der Waals surface area contributed by atoms with Crippen LogP contribution in [0.3, 0.4) is 0 Å². The second-order valence-corrected chi connectivity index (χ2v) is 4.82. The lowest BCUT2D eigenvalue weighted by atomic mass is 9.95. The zero-order chi connectivity index (χ0) is 14.5. The Morgan fingerprint density at radius 1 is 1.30 bits per heavy atom. The average Bonchev–Trinajstić information content (AvgIpc) is 2.95. The molecule has 2 unspecified atom stereocenters. The van der Waals surface area contributed by atoms with E-state index in [4.69, 9.17) is 4.74 Å². The molecule has 0 aliphatic carbocycles. The lowest BCUT2D eigenvalue weighted by Gasteiger charge is -2.15. The first-order valence-corrected chi connectivity index (χ1v) is 6.60. The molecule has 0 saturated carbocycles. The number of Topliss-reactive ketones (excluding diaryl/α,β-unsaturated/α-hetero) is 1. The van der Waals surface area contributed by atoms with Crippen LogP contribution in [0.15, 0.2) is 24.3 Å². The molecule has 0 amide bonds. The number of carbonyl (C=O) groups is 2. The summed E-state index contributed by atoms with van der Waals surface area (Å²) in [5.74, 6) is -0.728. The number of benzene rings is 1. The molecule has 0 spiro atoms. The van der Waals surface area contributed by atoms with E-state index in [9.17, 15) is 9.59 Å². The van der Waals surface area contributed by atoms with Crippen molar-refractivity contribution in [2.75, 3.05) is 20.8 Å². The van der Waals surface area contributed by atoms with E-state index in [2.05, 4.69) is 10.1 Å². The molecule has 1 aromatic rings. The fourth-order valence-electron chi connectivity index (χ4n) is 2.47. The SMILES string of the molecule is COC(=O)CC(=O)c1ccccc1C1CC(OC)CN1. The summed E-state index contributed by atoms with van der Waals surface area (Å²) in [7, 11) is 2.96. The molecule has 2 atom stereocenters. The Hall–Kier alpha value is -1.72. The highest BCUT2D eigenvalue weighted by Gasteiger charge is 2.28. The van der Waals surface area contributed by atoms with Crippen molar-refractivity contribution in [1.29, 1.82) is 0 Å². The van der Waals surface area contributed by atoms with Crippen LogP contribution >= 0.6 is 0 Å². The summed E-state index contributed by atoms with van der Waals surface area (Å²) in [4.78, 5) is 23.4. The molecule has 0 bridgehead atoms. The number of nitrogens with one attached hydrogen (secondary N) is 1. The van der Waals surface area contributed by atoms with Crippen LogP contribution in [-0.4, -0.2) is 38.6 Å². The maximum atomic E-state index is 12.2. The van der Waals surface area contributed by atoms with Crippen LogP contribution in [0.2, 0.25) is 0 Å². The predicted molar refractivity (Wildman–Crippen MR) is 73.6 cm³/mol. The highest BCUT2D eigenvalue weighted by molar-refractivity contribution is 6.06. The van der Waals surface area contributed by atoms with Gasteiger partial charge in [-0.15, -0.1) is 0 Å². The summed E-state index contributed by atoms with van der Waals surface area (Å²) in [6, 6.07) is 7.45. The zero-order valence-electron chi connectivity index (χ0n) is 11.7. The molecule has 1 aliphatic rings. The number of carbonyl (C=O) groups excluding carboxylic acids is 2. The second kappa shape index (κ2) is 6.63. The van der Waals surface area contributed by atoms with E-state index in [1.54, 1.807) is 19.2 Å². The maximum absolute atomic E-state index is 12.2. The first kappa shape index (κ1) is 14.7. The van der Waals surface area contributed by atoms with Crippen molar-refractivity contribution in [2.24, 2.45) is 0 Å². The van der Waals surface area contributed by atoms with Gasteiger partial charge in [-0.3, -0.25) is 9.59 Å². The minimum Gasteiger partial charge on any atom is -0.469 e. The van der Waals surface area contributed by atoms with Gasteiger partial charge < -0.3 is 14.8 Å². The van der Waals surface area contributed by atoms with Crippen LogP contribution in [-0.2, 0) is 14.3 Å². The molecular weight excluding hydrogens is 258 g/mol. The van der Waals surface area contributed by atoms with Crippen LogP contribution in [0.25, 0.3) is 0 Å². The number of methoxy groups -OCH3 is 2. The fraction of sp³-hybridized carbons (Fsp3) is 0.467. The van der Waals surface area contributed by atoms with E-state index in [0.717, 1.165) is 18.5 Å². The summed E-state index contributed by atoms with van der Waals surface area (Å²) in [5, 5.41) is 3.34. The highest BCUT2D eigenvalue weighted by Crippen LogP contribution is 2.28. The second-order valence-electron chi connectivity index (χ2n) is 4.82. The van der Waals surface area contributed by atoms with E-state index in [1.165, 1.54) is 7.11 Å². The third kappa shape index (κ3) is 3.23. The minimum absolute atomic E-state index is 0.0812.